The third-order valence-electron chi connectivity index (χ3n) is 3.18. The van der Waals surface area contributed by atoms with E-state index in [9.17, 15) is 14.0 Å². The summed E-state index contributed by atoms with van der Waals surface area (Å²) < 4.78 is 13.5. The number of benzene rings is 2. The first kappa shape index (κ1) is 19.2. The molecule has 25 heavy (non-hydrogen) atoms. The maximum absolute atomic E-state index is 13.5. The lowest BCUT2D eigenvalue weighted by Crippen LogP contribution is -2.36. The van der Waals surface area contributed by atoms with Crippen LogP contribution in [0.25, 0.3) is 0 Å². The number of amides is 2. The molecule has 0 unspecified atom stereocenters. The van der Waals surface area contributed by atoms with E-state index in [2.05, 4.69) is 10.6 Å². The summed E-state index contributed by atoms with van der Waals surface area (Å²) in [6.07, 6.45) is 0. The van der Waals surface area contributed by atoms with Crippen LogP contribution in [0, 0.1) is 5.82 Å². The Kier molecular flexibility index (Phi) is 6.75. The van der Waals surface area contributed by atoms with Crippen LogP contribution in [0.5, 0.6) is 0 Å². The van der Waals surface area contributed by atoms with Crippen LogP contribution in [0.3, 0.4) is 0 Å². The van der Waals surface area contributed by atoms with Gasteiger partial charge in [-0.25, -0.2) is 4.39 Å². The molecule has 0 aliphatic rings. The molecule has 0 radical (unpaired) electrons. The molecule has 0 aliphatic carbocycles. The highest BCUT2D eigenvalue weighted by molar-refractivity contribution is 6.42. The summed E-state index contributed by atoms with van der Waals surface area (Å²) >= 11 is 11.7. The zero-order chi connectivity index (χ0) is 18.4. The third-order valence-corrected chi connectivity index (χ3v) is 3.92. The van der Waals surface area contributed by atoms with Gasteiger partial charge in [-0.1, -0.05) is 35.3 Å². The molecule has 2 aromatic rings. The Hall–Kier alpha value is -2.15. The lowest BCUT2D eigenvalue weighted by molar-refractivity contribution is -0.119. The molecule has 8 heteroatoms. The smallest absolute Gasteiger partial charge is 0.238 e. The SMILES string of the molecule is CN(CC(=O)Nc1ccc(Cl)c(Cl)c1)CC(=O)Nc1ccccc1F. The van der Waals surface area contributed by atoms with Crippen LogP contribution in [-0.4, -0.2) is 36.9 Å². The third kappa shape index (κ3) is 6.01. The summed E-state index contributed by atoms with van der Waals surface area (Å²) in [4.78, 5) is 25.4. The first-order chi connectivity index (χ1) is 11.8. The molecule has 0 aromatic heterocycles. The maximum atomic E-state index is 13.5. The minimum atomic E-state index is -0.518. The van der Waals surface area contributed by atoms with E-state index < -0.39 is 11.7 Å². The average molecular weight is 384 g/mol. The van der Waals surface area contributed by atoms with E-state index in [1.165, 1.54) is 29.2 Å². The summed E-state index contributed by atoms with van der Waals surface area (Å²) in [6, 6.07) is 10.6. The fraction of sp³-hybridized carbons (Fsp3) is 0.176. The Morgan fingerprint density at radius 1 is 1.00 bits per heavy atom. The molecule has 2 N–H and O–H groups in total. The van der Waals surface area contributed by atoms with Crippen molar-refractivity contribution in [2.24, 2.45) is 0 Å². The first-order valence-corrected chi connectivity index (χ1v) is 8.08. The van der Waals surface area contributed by atoms with Gasteiger partial charge in [0.15, 0.2) is 0 Å². The van der Waals surface area contributed by atoms with E-state index in [0.29, 0.717) is 15.7 Å². The summed E-state index contributed by atoms with van der Waals surface area (Å²) in [5.74, 6) is -1.26. The lowest BCUT2D eigenvalue weighted by Gasteiger charge is -2.16. The van der Waals surface area contributed by atoms with Crippen LogP contribution in [0.4, 0.5) is 15.8 Å². The van der Waals surface area contributed by atoms with Gasteiger partial charge in [-0.05, 0) is 37.4 Å². The largest absolute Gasteiger partial charge is 0.325 e. The number of likely N-dealkylation sites (N-methyl/N-ethyl adjacent to an activating group) is 1. The Bertz CT molecular complexity index is 786. The van der Waals surface area contributed by atoms with Gasteiger partial charge in [0.1, 0.15) is 5.82 Å². The molecular weight excluding hydrogens is 368 g/mol. The standard InChI is InChI=1S/C17H16Cl2FN3O2/c1-23(10-17(25)22-15-5-3-2-4-14(15)20)9-16(24)21-11-6-7-12(18)13(19)8-11/h2-8H,9-10H2,1H3,(H,21,24)(H,22,25). The zero-order valence-electron chi connectivity index (χ0n) is 13.4. The molecule has 0 saturated heterocycles. The minimum absolute atomic E-state index is 0.0229. The number of rotatable bonds is 6. The van der Waals surface area contributed by atoms with Gasteiger partial charge in [0.2, 0.25) is 11.8 Å². The Labute approximate surface area is 154 Å². The number of nitrogens with zero attached hydrogens (tertiary/aromatic N) is 1. The predicted octanol–water partition coefficient (Wildman–Crippen LogP) is 3.64. The highest BCUT2D eigenvalue weighted by atomic mass is 35.5. The van der Waals surface area contributed by atoms with Crippen molar-refractivity contribution in [3.63, 3.8) is 0 Å². The predicted molar refractivity (Wildman–Crippen MR) is 97.6 cm³/mol. The number of carbonyl (C=O) groups is 2. The number of hydrogen-bond acceptors (Lipinski definition) is 3. The molecule has 132 valence electrons. The molecule has 5 nitrogen and oxygen atoms in total. The van der Waals surface area contributed by atoms with Crippen LogP contribution in [0.1, 0.15) is 0 Å². The van der Waals surface area contributed by atoms with Gasteiger partial charge in [0.05, 0.1) is 28.8 Å². The van der Waals surface area contributed by atoms with Gasteiger partial charge in [0.25, 0.3) is 0 Å². The second-order valence-electron chi connectivity index (χ2n) is 5.38. The lowest BCUT2D eigenvalue weighted by atomic mass is 10.3. The van der Waals surface area contributed by atoms with Gasteiger partial charge in [0, 0.05) is 5.69 Å². The van der Waals surface area contributed by atoms with Gasteiger partial charge >= 0.3 is 0 Å². The topological polar surface area (TPSA) is 61.4 Å². The van der Waals surface area contributed by atoms with Gasteiger partial charge in [-0.3, -0.25) is 14.5 Å². The number of anilines is 2. The van der Waals surface area contributed by atoms with Crippen molar-refractivity contribution in [2.45, 2.75) is 0 Å². The molecular formula is C17H16Cl2FN3O2. The molecule has 2 aromatic carbocycles. The van der Waals surface area contributed by atoms with E-state index >= 15 is 0 Å². The van der Waals surface area contributed by atoms with Crippen molar-refractivity contribution < 1.29 is 14.0 Å². The fourth-order valence-corrected chi connectivity index (χ4v) is 2.37. The quantitative estimate of drug-likeness (QED) is 0.800. The maximum Gasteiger partial charge on any atom is 0.238 e. The summed E-state index contributed by atoms with van der Waals surface area (Å²) in [5.41, 5.74) is 0.602. The van der Waals surface area contributed by atoms with E-state index in [1.807, 2.05) is 0 Å². The molecule has 0 heterocycles. The number of carbonyl (C=O) groups excluding carboxylic acids is 2. The van der Waals surface area contributed by atoms with Crippen molar-refractivity contribution in [2.75, 3.05) is 30.8 Å². The average Bonchev–Trinajstić information content (AvgIpc) is 2.52. The molecule has 2 rings (SSSR count). The van der Waals surface area contributed by atoms with E-state index in [-0.39, 0.29) is 24.7 Å². The molecule has 2 amide bonds. The number of para-hydroxylation sites is 1. The molecule has 0 fully saturated rings. The Balaban J connectivity index is 1.83. The number of hydrogen-bond donors (Lipinski definition) is 2. The van der Waals surface area contributed by atoms with Crippen molar-refractivity contribution in [1.82, 2.24) is 4.90 Å². The van der Waals surface area contributed by atoms with E-state index in [0.717, 1.165) is 0 Å². The Morgan fingerprint density at radius 2 is 1.64 bits per heavy atom. The second-order valence-corrected chi connectivity index (χ2v) is 6.19. The first-order valence-electron chi connectivity index (χ1n) is 7.33. The number of halogens is 3. The molecule has 0 saturated carbocycles. The van der Waals surface area contributed by atoms with Crippen LogP contribution in [0.15, 0.2) is 42.5 Å². The van der Waals surface area contributed by atoms with Crippen molar-refractivity contribution in [3.05, 3.63) is 58.3 Å². The number of nitrogens with one attached hydrogen (secondary N) is 2. The van der Waals surface area contributed by atoms with Gasteiger partial charge < -0.3 is 10.6 Å². The zero-order valence-corrected chi connectivity index (χ0v) is 14.9. The minimum Gasteiger partial charge on any atom is -0.325 e. The van der Waals surface area contributed by atoms with Crippen molar-refractivity contribution >= 4 is 46.4 Å². The fourth-order valence-electron chi connectivity index (χ4n) is 2.07. The normalized spacial score (nSPS) is 10.6. The van der Waals surface area contributed by atoms with Crippen LogP contribution in [0.2, 0.25) is 10.0 Å². The van der Waals surface area contributed by atoms with Crippen LogP contribution < -0.4 is 10.6 Å². The van der Waals surface area contributed by atoms with E-state index in [4.69, 9.17) is 23.2 Å². The molecule has 0 spiro atoms. The monoisotopic (exact) mass is 383 g/mol. The summed E-state index contributed by atoms with van der Waals surface area (Å²) in [7, 11) is 1.61. The van der Waals surface area contributed by atoms with Gasteiger partial charge in [-0.2, -0.15) is 0 Å². The van der Waals surface area contributed by atoms with Crippen molar-refractivity contribution in [3.8, 4) is 0 Å². The summed E-state index contributed by atoms with van der Waals surface area (Å²) in [5, 5.41) is 5.84. The van der Waals surface area contributed by atoms with E-state index in [1.54, 1.807) is 25.2 Å². The molecule has 0 bridgehead atoms. The van der Waals surface area contributed by atoms with Crippen LogP contribution >= 0.6 is 23.2 Å². The highest BCUT2D eigenvalue weighted by Gasteiger charge is 2.13. The van der Waals surface area contributed by atoms with Gasteiger partial charge in [-0.15, -0.1) is 0 Å². The van der Waals surface area contributed by atoms with Crippen molar-refractivity contribution in [1.29, 1.82) is 0 Å². The summed E-state index contributed by atoms with van der Waals surface area (Å²) in [6.45, 7) is -0.0892. The second kappa shape index (κ2) is 8.80. The Morgan fingerprint density at radius 3 is 2.28 bits per heavy atom. The highest BCUT2D eigenvalue weighted by Crippen LogP contribution is 2.24. The van der Waals surface area contributed by atoms with Crippen LogP contribution in [-0.2, 0) is 9.59 Å². The molecule has 0 aliphatic heterocycles. The molecule has 0 atom stereocenters.